The quantitative estimate of drug-likeness (QED) is 0.550. The molecule has 0 fully saturated rings. The van der Waals surface area contributed by atoms with Gasteiger partial charge in [-0.15, -0.1) is 12.4 Å². The van der Waals surface area contributed by atoms with Crippen LogP contribution < -0.4 is 10.1 Å². The first-order chi connectivity index (χ1) is 13.2. The molecule has 0 amide bonds. The Balaban J connectivity index is 0.00000280. The molecule has 0 heterocycles. The van der Waals surface area contributed by atoms with E-state index in [2.05, 4.69) is 5.32 Å². The van der Waals surface area contributed by atoms with Gasteiger partial charge in [-0.2, -0.15) is 0 Å². The predicted octanol–water partition coefficient (Wildman–Crippen LogP) is 4.88. The summed E-state index contributed by atoms with van der Waals surface area (Å²) in [7, 11) is 1.63. The third-order valence-corrected chi connectivity index (χ3v) is 4.22. The number of carbonyl (C=O) groups excluding carboxylic acids is 1. The number of hydrogen-bond acceptors (Lipinski definition) is 4. The molecule has 1 atom stereocenters. The maximum Gasteiger partial charge on any atom is 0.329 e. The zero-order chi connectivity index (χ0) is 18.9. The van der Waals surface area contributed by atoms with E-state index in [4.69, 9.17) is 9.47 Å². The molecule has 5 heteroatoms. The summed E-state index contributed by atoms with van der Waals surface area (Å²) in [5.74, 6) is 0.491. The molecule has 0 aliphatic heterocycles. The Hall–Kier alpha value is -2.98. The van der Waals surface area contributed by atoms with Crippen LogP contribution in [0, 0.1) is 0 Å². The van der Waals surface area contributed by atoms with Crippen molar-refractivity contribution in [2.75, 3.05) is 12.4 Å². The molecule has 146 valence electrons. The Morgan fingerprint density at radius 3 is 2.00 bits per heavy atom. The second-order valence-electron chi connectivity index (χ2n) is 6.21. The zero-order valence-electron chi connectivity index (χ0n) is 15.7. The third kappa shape index (κ3) is 6.32. The van der Waals surface area contributed by atoms with Gasteiger partial charge < -0.3 is 14.8 Å². The Labute approximate surface area is 171 Å². The van der Waals surface area contributed by atoms with Gasteiger partial charge in [0.15, 0.2) is 0 Å². The van der Waals surface area contributed by atoms with Crippen LogP contribution in [-0.4, -0.2) is 19.1 Å². The Kier molecular flexibility index (Phi) is 8.37. The number of rotatable bonds is 8. The van der Waals surface area contributed by atoms with Crippen molar-refractivity contribution < 1.29 is 14.3 Å². The van der Waals surface area contributed by atoms with E-state index in [1.165, 1.54) is 0 Å². The molecule has 0 aliphatic carbocycles. The average Bonchev–Trinajstić information content (AvgIpc) is 2.73. The predicted molar refractivity (Wildman–Crippen MR) is 114 cm³/mol. The number of ether oxygens (including phenoxy) is 2. The molecule has 0 aromatic heterocycles. The summed E-state index contributed by atoms with van der Waals surface area (Å²) >= 11 is 0. The van der Waals surface area contributed by atoms with Gasteiger partial charge in [0.1, 0.15) is 18.4 Å². The van der Waals surface area contributed by atoms with Crippen molar-refractivity contribution in [1.82, 2.24) is 0 Å². The lowest BCUT2D eigenvalue weighted by Gasteiger charge is -2.19. The van der Waals surface area contributed by atoms with Crippen LogP contribution in [0.1, 0.15) is 11.1 Å². The minimum atomic E-state index is -0.482. The number of carbonyl (C=O) groups is 1. The molecule has 1 N–H and O–H groups in total. The molecule has 0 aliphatic rings. The number of esters is 1. The van der Waals surface area contributed by atoms with Crippen LogP contribution in [0.15, 0.2) is 84.9 Å². The fourth-order valence-electron chi connectivity index (χ4n) is 2.76. The van der Waals surface area contributed by atoms with Gasteiger partial charge in [0.25, 0.3) is 0 Å². The van der Waals surface area contributed by atoms with E-state index >= 15 is 0 Å². The van der Waals surface area contributed by atoms with Crippen molar-refractivity contribution in [3.05, 3.63) is 96.1 Å². The second kappa shape index (κ2) is 11.0. The Morgan fingerprint density at radius 1 is 0.857 bits per heavy atom. The first-order valence-electron chi connectivity index (χ1n) is 8.89. The number of nitrogens with one attached hydrogen (secondary N) is 1. The summed E-state index contributed by atoms with van der Waals surface area (Å²) in [5, 5.41) is 3.28. The molecule has 0 spiro atoms. The molecular formula is C23H24ClNO3. The minimum absolute atomic E-state index is 0. The number of methoxy groups -OCH3 is 1. The standard InChI is InChI=1S/C23H23NO3.ClH/c1-26-21-14-12-20(13-15-21)24-22(16-18-8-4-2-5-9-18)23(25)27-17-19-10-6-3-7-11-19;/h2-15,22,24H,16-17H2,1H3;1H/t22-;/m0./s1. The van der Waals surface area contributed by atoms with Crippen molar-refractivity contribution in [2.24, 2.45) is 0 Å². The van der Waals surface area contributed by atoms with Gasteiger partial charge in [0.05, 0.1) is 7.11 Å². The SMILES string of the molecule is COc1ccc(N[C@@H](Cc2ccccc2)C(=O)OCc2ccccc2)cc1.Cl. The molecule has 3 rings (SSSR count). The van der Waals surface area contributed by atoms with E-state index in [-0.39, 0.29) is 25.0 Å². The number of hydrogen-bond donors (Lipinski definition) is 1. The van der Waals surface area contributed by atoms with Gasteiger partial charge in [-0.3, -0.25) is 0 Å². The monoisotopic (exact) mass is 397 g/mol. The van der Waals surface area contributed by atoms with E-state index in [9.17, 15) is 4.79 Å². The Morgan fingerprint density at radius 2 is 1.43 bits per heavy atom. The highest BCUT2D eigenvalue weighted by molar-refractivity contribution is 5.85. The summed E-state index contributed by atoms with van der Waals surface area (Å²) in [4.78, 5) is 12.7. The van der Waals surface area contributed by atoms with E-state index in [1.54, 1.807) is 7.11 Å². The third-order valence-electron chi connectivity index (χ3n) is 4.22. The summed E-state index contributed by atoms with van der Waals surface area (Å²) in [6, 6.07) is 26.6. The van der Waals surface area contributed by atoms with Crippen LogP contribution in [0.5, 0.6) is 5.75 Å². The van der Waals surface area contributed by atoms with E-state index in [0.717, 1.165) is 22.6 Å². The second-order valence-corrected chi connectivity index (χ2v) is 6.21. The van der Waals surface area contributed by atoms with Gasteiger partial charge in [-0.25, -0.2) is 4.79 Å². The molecule has 0 unspecified atom stereocenters. The van der Waals surface area contributed by atoms with Crippen molar-refractivity contribution in [3.63, 3.8) is 0 Å². The van der Waals surface area contributed by atoms with Crippen molar-refractivity contribution in [2.45, 2.75) is 19.1 Å². The summed E-state index contributed by atoms with van der Waals surface area (Å²) in [5.41, 5.74) is 2.88. The van der Waals surface area contributed by atoms with E-state index in [1.807, 2.05) is 84.9 Å². The number of anilines is 1. The van der Waals surface area contributed by atoms with E-state index in [0.29, 0.717) is 6.42 Å². The fraction of sp³-hybridized carbons (Fsp3) is 0.174. The largest absolute Gasteiger partial charge is 0.497 e. The number of benzene rings is 3. The normalized spacial score (nSPS) is 11.0. The van der Waals surface area contributed by atoms with Crippen molar-refractivity contribution >= 4 is 24.1 Å². The van der Waals surface area contributed by atoms with Crippen LogP contribution in [0.25, 0.3) is 0 Å². The highest BCUT2D eigenvalue weighted by atomic mass is 35.5. The maximum absolute atomic E-state index is 12.7. The first kappa shape index (κ1) is 21.3. The number of halogens is 1. The summed E-state index contributed by atoms with van der Waals surface area (Å²) in [6.07, 6.45) is 0.542. The van der Waals surface area contributed by atoms with Crippen LogP contribution in [0.4, 0.5) is 5.69 Å². The van der Waals surface area contributed by atoms with Gasteiger partial charge >= 0.3 is 5.97 Å². The molecular weight excluding hydrogens is 374 g/mol. The van der Waals surface area contributed by atoms with Crippen LogP contribution in [0.3, 0.4) is 0 Å². The lowest BCUT2D eigenvalue weighted by Crippen LogP contribution is -2.33. The molecule has 3 aromatic carbocycles. The molecule has 3 aromatic rings. The lowest BCUT2D eigenvalue weighted by molar-refractivity contribution is -0.145. The van der Waals surface area contributed by atoms with Crippen LogP contribution in [0.2, 0.25) is 0 Å². The zero-order valence-corrected chi connectivity index (χ0v) is 16.5. The Bertz CT molecular complexity index is 839. The molecule has 4 nitrogen and oxygen atoms in total. The fourth-order valence-corrected chi connectivity index (χ4v) is 2.76. The molecule has 0 saturated carbocycles. The molecule has 0 bridgehead atoms. The molecule has 0 saturated heterocycles. The highest BCUT2D eigenvalue weighted by Gasteiger charge is 2.20. The van der Waals surface area contributed by atoms with Crippen LogP contribution >= 0.6 is 12.4 Å². The van der Waals surface area contributed by atoms with Gasteiger partial charge in [-0.1, -0.05) is 60.7 Å². The van der Waals surface area contributed by atoms with Crippen LogP contribution in [-0.2, 0) is 22.6 Å². The van der Waals surface area contributed by atoms with E-state index < -0.39 is 6.04 Å². The minimum Gasteiger partial charge on any atom is -0.497 e. The first-order valence-corrected chi connectivity index (χ1v) is 8.89. The average molecular weight is 398 g/mol. The smallest absolute Gasteiger partial charge is 0.329 e. The topological polar surface area (TPSA) is 47.6 Å². The van der Waals surface area contributed by atoms with Crippen molar-refractivity contribution in [3.8, 4) is 5.75 Å². The lowest BCUT2D eigenvalue weighted by atomic mass is 10.1. The summed E-state index contributed by atoms with van der Waals surface area (Å²) in [6.45, 7) is 0.259. The molecule has 0 radical (unpaired) electrons. The highest BCUT2D eigenvalue weighted by Crippen LogP contribution is 2.18. The van der Waals surface area contributed by atoms with Gasteiger partial charge in [-0.05, 0) is 35.4 Å². The van der Waals surface area contributed by atoms with Gasteiger partial charge in [0, 0.05) is 12.1 Å². The maximum atomic E-state index is 12.7. The summed E-state index contributed by atoms with van der Waals surface area (Å²) < 4.78 is 10.7. The van der Waals surface area contributed by atoms with Gasteiger partial charge in [0.2, 0.25) is 0 Å². The van der Waals surface area contributed by atoms with Crippen molar-refractivity contribution in [1.29, 1.82) is 0 Å². The molecule has 28 heavy (non-hydrogen) atoms.